The molecule has 0 bridgehead atoms. The van der Waals surface area contributed by atoms with Gasteiger partial charge >= 0.3 is 0 Å². The number of likely N-dealkylation sites (N-methyl/N-ethyl adjacent to an activating group) is 1. The van der Waals surface area contributed by atoms with E-state index in [9.17, 15) is 9.18 Å². The Morgan fingerprint density at radius 2 is 2.11 bits per heavy atom. The summed E-state index contributed by atoms with van der Waals surface area (Å²) >= 11 is 0. The molecular formula is C14H18FNO3. The third kappa shape index (κ3) is 2.62. The summed E-state index contributed by atoms with van der Waals surface area (Å²) in [5.41, 5.74) is -0.0739. The van der Waals surface area contributed by atoms with Gasteiger partial charge < -0.3 is 4.74 Å². The maximum Gasteiger partial charge on any atom is 0.256 e. The first-order valence-corrected chi connectivity index (χ1v) is 6.26. The van der Waals surface area contributed by atoms with Crippen molar-refractivity contribution < 1.29 is 18.8 Å². The topological polar surface area (TPSA) is 38.8 Å². The van der Waals surface area contributed by atoms with E-state index in [1.165, 1.54) is 24.3 Å². The fraction of sp³-hybridized carbons (Fsp3) is 0.500. The quantitative estimate of drug-likeness (QED) is 0.785. The van der Waals surface area contributed by atoms with E-state index in [1.54, 1.807) is 19.2 Å². The van der Waals surface area contributed by atoms with Gasteiger partial charge in [0.1, 0.15) is 5.82 Å². The Balaban J connectivity index is 2.42. The lowest BCUT2D eigenvalue weighted by Gasteiger charge is -2.38. The van der Waals surface area contributed by atoms with Crippen LogP contribution >= 0.6 is 0 Å². The van der Waals surface area contributed by atoms with Crippen LogP contribution in [0.15, 0.2) is 24.3 Å². The molecule has 0 unspecified atom stereocenters. The molecule has 0 aliphatic carbocycles. The number of carbonyl (C=O) groups is 1. The van der Waals surface area contributed by atoms with Crippen molar-refractivity contribution in [2.24, 2.45) is 0 Å². The second kappa shape index (κ2) is 5.67. The molecule has 1 fully saturated rings. The van der Waals surface area contributed by atoms with E-state index in [4.69, 9.17) is 9.57 Å². The highest BCUT2D eigenvalue weighted by atomic mass is 19.1. The van der Waals surface area contributed by atoms with Crippen LogP contribution in [-0.2, 0) is 19.8 Å². The van der Waals surface area contributed by atoms with Crippen molar-refractivity contribution in [2.45, 2.75) is 18.3 Å². The number of carbonyl (C=O) groups excluding carboxylic acids is 1. The Labute approximate surface area is 112 Å². The zero-order valence-corrected chi connectivity index (χ0v) is 11.2. The summed E-state index contributed by atoms with van der Waals surface area (Å²) in [4.78, 5) is 17.6. The molecule has 1 aromatic rings. The first kappa shape index (κ1) is 14.0. The Kier molecular flexibility index (Phi) is 4.17. The monoisotopic (exact) mass is 267 g/mol. The molecular weight excluding hydrogens is 249 g/mol. The highest BCUT2D eigenvalue weighted by Crippen LogP contribution is 2.36. The molecule has 104 valence electrons. The lowest BCUT2D eigenvalue weighted by Crippen LogP contribution is -2.48. The van der Waals surface area contributed by atoms with Crippen LogP contribution in [0.4, 0.5) is 4.39 Å². The zero-order valence-electron chi connectivity index (χ0n) is 11.2. The van der Waals surface area contributed by atoms with E-state index in [1.807, 2.05) is 0 Å². The van der Waals surface area contributed by atoms with Crippen LogP contribution in [0.5, 0.6) is 0 Å². The number of rotatable bonds is 3. The molecule has 2 rings (SSSR count). The molecule has 1 saturated heterocycles. The van der Waals surface area contributed by atoms with Gasteiger partial charge in [-0.1, -0.05) is 12.1 Å². The Morgan fingerprint density at radius 1 is 1.42 bits per heavy atom. The SMILES string of the molecule is CON(C)C(=O)C1(c2cccc(F)c2)CCOCC1. The van der Waals surface area contributed by atoms with Gasteiger partial charge in [0.25, 0.3) is 5.91 Å². The van der Waals surface area contributed by atoms with Crippen LogP contribution in [0.25, 0.3) is 0 Å². The van der Waals surface area contributed by atoms with Crippen molar-refractivity contribution in [3.05, 3.63) is 35.6 Å². The summed E-state index contributed by atoms with van der Waals surface area (Å²) in [6.07, 6.45) is 1.06. The first-order chi connectivity index (χ1) is 9.10. The molecule has 1 aliphatic heterocycles. The van der Waals surface area contributed by atoms with Crippen molar-refractivity contribution in [3.8, 4) is 0 Å². The Hall–Kier alpha value is -1.46. The normalized spacial score (nSPS) is 18.1. The average Bonchev–Trinajstić information content (AvgIpc) is 2.46. The number of halogens is 1. The molecule has 1 aliphatic rings. The van der Waals surface area contributed by atoms with E-state index in [0.717, 1.165) is 0 Å². The number of hydrogen-bond acceptors (Lipinski definition) is 3. The van der Waals surface area contributed by atoms with Crippen LogP contribution in [0.1, 0.15) is 18.4 Å². The number of nitrogens with zero attached hydrogens (tertiary/aromatic N) is 1. The lowest BCUT2D eigenvalue weighted by atomic mass is 9.73. The van der Waals surface area contributed by atoms with Crippen LogP contribution in [0.3, 0.4) is 0 Å². The maximum absolute atomic E-state index is 13.5. The highest BCUT2D eigenvalue weighted by Gasteiger charge is 2.43. The molecule has 5 heteroatoms. The summed E-state index contributed by atoms with van der Waals surface area (Å²) in [5, 5.41) is 1.20. The summed E-state index contributed by atoms with van der Waals surface area (Å²) in [6, 6.07) is 6.21. The standard InChI is InChI=1S/C14H18FNO3/c1-16(18-2)13(17)14(6-8-19-9-7-14)11-4-3-5-12(15)10-11/h3-5,10H,6-9H2,1-2H3. The van der Waals surface area contributed by atoms with Crippen LogP contribution in [0.2, 0.25) is 0 Å². The van der Waals surface area contributed by atoms with E-state index >= 15 is 0 Å². The second-order valence-electron chi connectivity index (χ2n) is 4.69. The fourth-order valence-electron chi connectivity index (χ4n) is 2.52. The minimum absolute atomic E-state index is 0.163. The molecule has 1 heterocycles. The number of amides is 1. The zero-order chi connectivity index (χ0) is 13.9. The van der Waals surface area contributed by atoms with Gasteiger partial charge in [-0.2, -0.15) is 0 Å². The molecule has 0 saturated carbocycles. The van der Waals surface area contributed by atoms with Gasteiger partial charge in [0.15, 0.2) is 0 Å². The summed E-state index contributed by atoms with van der Waals surface area (Å²) in [6.45, 7) is 0.972. The van der Waals surface area contributed by atoms with Crippen molar-refractivity contribution in [1.29, 1.82) is 0 Å². The van der Waals surface area contributed by atoms with Crippen molar-refractivity contribution in [1.82, 2.24) is 5.06 Å². The molecule has 0 atom stereocenters. The summed E-state index contributed by atoms with van der Waals surface area (Å²) in [7, 11) is 3.01. The summed E-state index contributed by atoms with van der Waals surface area (Å²) in [5.74, 6) is -0.500. The van der Waals surface area contributed by atoms with Gasteiger partial charge in [0, 0.05) is 20.3 Å². The minimum Gasteiger partial charge on any atom is -0.381 e. The van der Waals surface area contributed by atoms with Crippen LogP contribution in [-0.4, -0.2) is 38.3 Å². The molecule has 1 amide bonds. The van der Waals surface area contributed by atoms with Crippen LogP contribution < -0.4 is 0 Å². The molecule has 0 spiro atoms. The third-order valence-corrected chi connectivity index (χ3v) is 3.69. The Morgan fingerprint density at radius 3 is 2.68 bits per heavy atom. The molecule has 0 N–H and O–H groups in total. The Bertz CT molecular complexity index is 458. The average molecular weight is 267 g/mol. The smallest absolute Gasteiger partial charge is 0.256 e. The first-order valence-electron chi connectivity index (χ1n) is 6.26. The fourth-order valence-corrected chi connectivity index (χ4v) is 2.52. The highest BCUT2D eigenvalue weighted by molar-refractivity contribution is 5.87. The predicted octanol–water partition coefficient (Wildman–Crippen LogP) is 1.89. The minimum atomic E-state index is -0.759. The van der Waals surface area contributed by atoms with Crippen molar-refractivity contribution in [2.75, 3.05) is 27.4 Å². The van der Waals surface area contributed by atoms with Gasteiger partial charge in [-0.3, -0.25) is 9.63 Å². The molecule has 4 nitrogen and oxygen atoms in total. The predicted molar refractivity (Wildman–Crippen MR) is 67.9 cm³/mol. The summed E-state index contributed by atoms with van der Waals surface area (Å²) < 4.78 is 18.8. The molecule has 19 heavy (non-hydrogen) atoms. The molecule has 0 aromatic heterocycles. The number of ether oxygens (including phenoxy) is 1. The van der Waals surface area contributed by atoms with Crippen molar-refractivity contribution in [3.63, 3.8) is 0 Å². The van der Waals surface area contributed by atoms with Gasteiger partial charge in [0.05, 0.1) is 12.5 Å². The van der Waals surface area contributed by atoms with E-state index < -0.39 is 5.41 Å². The molecule has 0 radical (unpaired) electrons. The van der Waals surface area contributed by atoms with Gasteiger partial charge in [-0.25, -0.2) is 9.45 Å². The van der Waals surface area contributed by atoms with E-state index in [2.05, 4.69) is 0 Å². The van der Waals surface area contributed by atoms with Crippen molar-refractivity contribution >= 4 is 5.91 Å². The lowest BCUT2D eigenvalue weighted by molar-refractivity contribution is -0.179. The second-order valence-corrected chi connectivity index (χ2v) is 4.69. The van der Waals surface area contributed by atoms with Crippen LogP contribution in [0, 0.1) is 5.82 Å². The molecule has 1 aromatic carbocycles. The number of benzene rings is 1. The van der Waals surface area contributed by atoms with E-state index in [0.29, 0.717) is 31.6 Å². The largest absolute Gasteiger partial charge is 0.381 e. The number of hydrogen-bond donors (Lipinski definition) is 0. The van der Waals surface area contributed by atoms with Gasteiger partial charge in [-0.05, 0) is 30.5 Å². The maximum atomic E-state index is 13.5. The van der Waals surface area contributed by atoms with E-state index in [-0.39, 0.29) is 11.7 Å². The third-order valence-electron chi connectivity index (χ3n) is 3.69. The van der Waals surface area contributed by atoms with Gasteiger partial charge in [-0.15, -0.1) is 0 Å². The number of hydroxylamine groups is 2. The van der Waals surface area contributed by atoms with Gasteiger partial charge in [0.2, 0.25) is 0 Å².